The van der Waals surface area contributed by atoms with Gasteiger partial charge in [-0.25, -0.2) is 9.07 Å². The summed E-state index contributed by atoms with van der Waals surface area (Å²) in [6, 6.07) is 14.7. The van der Waals surface area contributed by atoms with Crippen molar-refractivity contribution in [2.75, 3.05) is 11.9 Å². The summed E-state index contributed by atoms with van der Waals surface area (Å²) in [6.07, 6.45) is 5.07. The van der Waals surface area contributed by atoms with Gasteiger partial charge >= 0.3 is 0 Å². The van der Waals surface area contributed by atoms with Crippen LogP contribution >= 0.6 is 0 Å². The Morgan fingerprint density at radius 2 is 1.75 bits per heavy atom. The summed E-state index contributed by atoms with van der Waals surface area (Å²) < 4.78 is 16.7. The number of nitrogens with one attached hydrogen (secondary N) is 2. The van der Waals surface area contributed by atoms with Gasteiger partial charge in [0.1, 0.15) is 11.4 Å². The Kier molecular flexibility index (Phi) is 5.85. The van der Waals surface area contributed by atoms with E-state index in [9.17, 15) is 14.0 Å². The van der Waals surface area contributed by atoms with Crippen LogP contribution in [0.2, 0.25) is 0 Å². The molecule has 8 heteroatoms. The van der Waals surface area contributed by atoms with E-state index in [4.69, 9.17) is 0 Å². The molecule has 0 unspecified atom stereocenters. The van der Waals surface area contributed by atoms with Gasteiger partial charge in [-0.15, -0.1) is 0 Å². The van der Waals surface area contributed by atoms with Gasteiger partial charge < -0.3 is 15.2 Å². The first-order valence-corrected chi connectivity index (χ1v) is 10.2. The SMILES string of the molecule is CCNC(=O)c1ccc(C)c(NC(=O)c2cnn(-c3ccc(F)cc3)c2-n2cccc2)c1. The van der Waals surface area contributed by atoms with Crippen molar-refractivity contribution in [3.8, 4) is 11.5 Å². The molecule has 162 valence electrons. The summed E-state index contributed by atoms with van der Waals surface area (Å²) >= 11 is 0. The van der Waals surface area contributed by atoms with Gasteiger partial charge in [-0.3, -0.25) is 9.59 Å². The third-order valence-corrected chi connectivity index (χ3v) is 4.99. The molecule has 32 heavy (non-hydrogen) atoms. The number of carbonyl (C=O) groups is 2. The van der Waals surface area contributed by atoms with E-state index in [0.717, 1.165) is 5.56 Å². The zero-order chi connectivity index (χ0) is 22.7. The Bertz CT molecular complexity index is 1260. The number of carbonyl (C=O) groups excluding carboxylic acids is 2. The first-order valence-electron chi connectivity index (χ1n) is 10.2. The van der Waals surface area contributed by atoms with Crippen LogP contribution in [0.15, 0.2) is 73.2 Å². The molecule has 4 aromatic rings. The lowest BCUT2D eigenvalue weighted by Crippen LogP contribution is -2.23. The highest BCUT2D eigenvalue weighted by molar-refractivity contribution is 6.07. The van der Waals surface area contributed by atoms with Crippen LogP contribution in [0.3, 0.4) is 0 Å². The Hall–Kier alpha value is -4.20. The minimum Gasteiger partial charge on any atom is -0.352 e. The Balaban J connectivity index is 1.71. The molecule has 2 aromatic heterocycles. The highest BCUT2D eigenvalue weighted by Crippen LogP contribution is 2.23. The lowest BCUT2D eigenvalue weighted by Gasteiger charge is -2.13. The average molecular weight is 431 g/mol. The first kappa shape index (κ1) is 21.0. The second-order valence-electron chi connectivity index (χ2n) is 7.20. The molecule has 0 saturated carbocycles. The van der Waals surface area contributed by atoms with Crippen LogP contribution in [-0.4, -0.2) is 32.7 Å². The van der Waals surface area contributed by atoms with Crippen molar-refractivity contribution in [3.05, 3.63) is 95.7 Å². The molecule has 0 fully saturated rings. The van der Waals surface area contributed by atoms with Gasteiger partial charge in [-0.2, -0.15) is 5.10 Å². The summed E-state index contributed by atoms with van der Waals surface area (Å²) in [7, 11) is 0. The Morgan fingerprint density at radius 3 is 2.44 bits per heavy atom. The molecule has 0 spiro atoms. The van der Waals surface area contributed by atoms with E-state index in [-0.39, 0.29) is 17.6 Å². The fourth-order valence-corrected chi connectivity index (χ4v) is 3.35. The molecule has 0 aliphatic rings. The van der Waals surface area contributed by atoms with Crippen LogP contribution in [0, 0.1) is 12.7 Å². The number of anilines is 1. The van der Waals surface area contributed by atoms with E-state index in [2.05, 4.69) is 15.7 Å². The van der Waals surface area contributed by atoms with Crippen molar-refractivity contribution < 1.29 is 14.0 Å². The Morgan fingerprint density at radius 1 is 1.03 bits per heavy atom. The van der Waals surface area contributed by atoms with E-state index in [1.165, 1.54) is 18.3 Å². The van der Waals surface area contributed by atoms with Crippen molar-refractivity contribution in [1.29, 1.82) is 0 Å². The maximum Gasteiger partial charge on any atom is 0.261 e. The molecule has 2 N–H and O–H groups in total. The lowest BCUT2D eigenvalue weighted by molar-refractivity contribution is 0.0954. The van der Waals surface area contributed by atoms with Gasteiger partial charge in [0.2, 0.25) is 0 Å². The molecule has 0 radical (unpaired) electrons. The molecule has 2 heterocycles. The average Bonchev–Trinajstić information content (AvgIpc) is 3.45. The predicted octanol–water partition coefficient (Wildman–Crippen LogP) is 4.11. The molecule has 7 nitrogen and oxygen atoms in total. The van der Waals surface area contributed by atoms with E-state index in [1.54, 1.807) is 52.0 Å². The van der Waals surface area contributed by atoms with Gasteiger partial charge in [0.05, 0.1) is 11.9 Å². The topological polar surface area (TPSA) is 81.0 Å². The van der Waals surface area contributed by atoms with E-state index < -0.39 is 0 Å². The van der Waals surface area contributed by atoms with Gasteiger partial charge in [-0.05, 0) is 67.9 Å². The zero-order valence-corrected chi connectivity index (χ0v) is 17.7. The number of aromatic nitrogens is 3. The Labute approximate surface area is 184 Å². The molecule has 0 saturated heterocycles. The smallest absolute Gasteiger partial charge is 0.261 e. The second kappa shape index (κ2) is 8.89. The molecular formula is C24H22FN5O2. The fourth-order valence-electron chi connectivity index (χ4n) is 3.35. The van der Waals surface area contributed by atoms with E-state index in [1.807, 2.05) is 26.0 Å². The van der Waals surface area contributed by atoms with Crippen molar-refractivity contribution >= 4 is 17.5 Å². The summed E-state index contributed by atoms with van der Waals surface area (Å²) in [5.74, 6) is -0.432. The molecule has 2 aromatic carbocycles. The highest BCUT2D eigenvalue weighted by Gasteiger charge is 2.21. The lowest BCUT2D eigenvalue weighted by atomic mass is 10.1. The normalized spacial score (nSPS) is 10.7. The molecule has 0 aliphatic heterocycles. The number of nitrogens with zero attached hydrogens (tertiary/aromatic N) is 3. The summed E-state index contributed by atoms with van der Waals surface area (Å²) in [5.41, 5.74) is 2.75. The van der Waals surface area contributed by atoms with Crippen molar-refractivity contribution in [1.82, 2.24) is 19.7 Å². The van der Waals surface area contributed by atoms with Gasteiger partial charge in [0.25, 0.3) is 11.8 Å². The number of aryl methyl sites for hydroxylation is 1. The van der Waals surface area contributed by atoms with Crippen LogP contribution in [0.5, 0.6) is 0 Å². The molecule has 0 bridgehead atoms. The molecule has 4 rings (SSSR count). The summed E-state index contributed by atoms with van der Waals surface area (Å²) in [4.78, 5) is 25.4. The highest BCUT2D eigenvalue weighted by atomic mass is 19.1. The minimum atomic E-state index is -0.377. The van der Waals surface area contributed by atoms with Gasteiger partial charge in [0.15, 0.2) is 5.82 Å². The van der Waals surface area contributed by atoms with Crippen LogP contribution in [0.4, 0.5) is 10.1 Å². The standard InChI is InChI=1S/C24H22FN5O2/c1-3-26-22(31)17-7-6-16(2)21(14-17)28-23(32)20-15-27-30(19-10-8-18(25)9-11-19)24(20)29-12-4-5-13-29/h4-15H,3H2,1-2H3,(H,26,31)(H,28,32). The van der Waals surface area contributed by atoms with Crippen molar-refractivity contribution in [2.24, 2.45) is 0 Å². The first-order chi connectivity index (χ1) is 15.5. The van der Waals surface area contributed by atoms with Crippen LogP contribution in [0.1, 0.15) is 33.2 Å². The van der Waals surface area contributed by atoms with Crippen molar-refractivity contribution in [3.63, 3.8) is 0 Å². The molecule has 0 aliphatic carbocycles. The number of amides is 2. The maximum absolute atomic E-state index is 13.4. The predicted molar refractivity (Wildman–Crippen MR) is 120 cm³/mol. The quantitative estimate of drug-likeness (QED) is 0.482. The monoisotopic (exact) mass is 431 g/mol. The fraction of sp³-hybridized carbons (Fsp3) is 0.125. The molecule has 0 atom stereocenters. The molecule has 2 amide bonds. The number of rotatable bonds is 6. The zero-order valence-electron chi connectivity index (χ0n) is 17.7. The van der Waals surface area contributed by atoms with E-state index in [0.29, 0.717) is 34.9 Å². The largest absolute Gasteiger partial charge is 0.352 e. The van der Waals surface area contributed by atoms with Crippen LogP contribution < -0.4 is 10.6 Å². The van der Waals surface area contributed by atoms with Gasteiger partial charge in [0, 0.05) is 30.2 Å². The number of hydrogen-bond donors (Lipinski definition) is 2. The number of hydrogen-bond acceptors (Lipinski definition) is 3. The summed E-state index contributed by atoms with van der Waals surface area (Å²) in [6.45, 7) is 4.21. The van der Waals surface area contributed by atoms with Crippen molar-refractivity contribution in [2.45, 2.75) is 13.8 Å². The van der Waals surface area contributed by atoms with Gasteiger partial charge in [-0.1, -0.05) is 6.07 Å². The third-order valence-electron chi connectivity index (χ3n) is 4.99. The second-order valence-corrected chi connectivity index (χ2v) is 7.20. The maximum atomic E-state index is 13.4. The van der Waals surface area contributed by atoms with E-state index >= 15 is 0 Å². The van der Waals surface area contributed by atoms with Crippen LogP contribution in [-0.2, 0) is 0 Å². The summed E-state index contributed by atoms with van der Waals surface area (Å²) in [5, 5.41) is 10.0. The number of halogens is 1. The minimum absolute atomic E-state index is 0.208. The third kappa shape index (κ3) is 4.15. The number of benzene rings is 2. The van der Waals surface area contributed by atoms with Crippen LogP contribution in [0.25, 0.3) is 11.5 Å². The molecular weight excluding hydrogens is 409 g/mol.